The van der Waals surface area contributed by atoms with Gasteiger partial charge in [-0.05, 0) is 52.6 Å². The lowest BCUT2D eigenvalue weighted by Crippen LogP contribution is -2.05. The highest BCUT2D eigenvalue weighted by Gasteiger charge is 2.13. The Kier molecular flexibility index (Phi) is 5.68. The van der Waals surface area contributed by atoms with E-state index in [9.17, 15) is 9.90 Å². The maximum absolute atomic E-state index is 12.5. The van der Waals surface area contributed by atoms with Gasteiger partial charge in [0.05, 0.1) is 11.4 Å². The molecular weight excluding hydrogens is 348 g/mol. The molecule has 1 heterocycles. The average molecular weight is 368 g/mol. The Morgan fingerprint density at radius 3 is 2.50 bits per heavy atom. The molecule has 0 aliphatic carbocycles. The van der Waals surface area contributed by atoms with Crippen LogP contribution in [0, 0.1) is 0 Å². The Bertz CT molecular complexity index is 875. The predicted octanol–water partition coefficient (Wildman–Crippen LogP) is 3.86. The number of carbonyl (C=O) groups excluding carboxylic acids is 1. The van der Waals surface area contributed by atoms with Crippen LogP contribution in [0.4, 0.5) is 0 Å². The number of nitrogens with zero attached hydrogens (tertiary/aromatic N) is 4. The van der Waals surface area contributed by atoms with Crippen LogP contribution < -0.4 is 0 Å². The second kappa shape index (κ2) is 8.14. The van der Waals surface area contributed by atoms with E-state index < -0.39 is 0 Å². The van der Waals surface area contributed by atoms with Gasteiger partial charge in [0.1, 0.15) is 5.75 Å². The number of ketones is 1. The molecule has 0 radical (unpaired) electrons. The SMILES string of the molecule is CC[C@H](C)c1ccc(C(=O)CSc2nnnn2-c2ccc(O)cc2)cc1. The second-order valence-corrected chi connectivity index (χ2v) is 6.98. The van der Waals surface area contributed by atoms with Gasteiger partial charge < -0.3 is 5.11 Å². The molecular formula is C19H20N4O2S. The molecule has 0 aliphatic heterocycles. The van der Waals surface area contributed by atoms with Gasteiger partial charge in [-0.1, -0.05) is 49.9 Å². The number of tetrazole rings is 1. The van der Waals surface area contributed by atoms with Crippen LogP contribution in [0.1, 0.15) is 42.1 Å². The molecule has 0 unspecified atom stereocenters. The third-order valence-electron chi connectivity index (χ3n) is 4.28. The number of hydrogen-bond donors (Lipinski definition) is 1. The molecule has 1 aromatic heterocycles. The van der Waals surface area contributed by atoms with Crippen LogP contribution in [0.2, 0.25) is 0 Å². The van der Waals surface area contributed by atoms with Gasteiger partial charge in [0, 0.05) is 5.56 Å². The van der Waals surface area contributed by atoms with Crippen LogP contribution in [0.15, 0.2) is 53.7 Å². The van der Waals surface area contributed by atoms with E-state index in [2.05, 4.69) is 29.4 Å². The Morgan fingerprint density at radius 2 is 1.85 bits per heavy atom. The molecule has 6 nitrogen and oxygen atoms in total. The summed E-state index contributed by atoms with van der Waals surface area (Å²) in [5.41, 5.74) is 2.65. The van der Waals surface area contributed by atoms with E-state index in [0.29, 0.717) is 16.6 Å². The van der Waals surface area contributed by atoms with Crippen LogP contribution in [0.3, 0.4) is 0 Å². The lowest BCUT2D eigenvalue weighted by molar-refractivity contribution is 0.102. The summed E-state index contributed by atoms with van der Waals surface area (Å²) in [6, 6.07) is 14.4. The number of phenolic OH excluding ortho intramolecular Hbond substituents is 1. The minimum atomic E-state index is 0.0333. The van der Waals surface area contributed by atoms with Gasteiger partial charge >= 0.3 is 0 Å². The van der Waals surface area contributed by atoms with E-state index >= 15 is 0 Å². The van der Waals surface area contributed by atoms with Crippen molar-refractivity contribution in [2.24, 2.45) is 0 Å². The fourth-order valence-electron chi connectivity index (χ4n) is 2.47. The first kappa shape index (κ1) is 18.1. The van der Waals surface area contributed by atoms with Crippen molar-refractivity contribution >= 4 is 17.5 Å². The third kappa shape index (κ3) is 4.11. The average Bonchev–Trinajstić information content (AvgIpc) is 3.14. The van der Waals surface area contributed by atoms with E-state index in [1.54, 1.807) is 28.9 Å². The van der Waals surface area contributed by atoms with Crippen molar-refractivity contribution in [3.63, 3.8) is 0 Å². The number of aromatic nitrogens is 4. The standard InChI is InChI=1S/C19H20N4O2S/c1-3-13(2)14-4-6-15(7-5-14)18(25)12-26-19-20-21-22-23(19)16-8-10-17(24)11-9-16/h4-11,13,24H,3,12H2,1-2H3/t13-/m0/s1. The molecule has 0 saturated heterocycles. The van der Waals surface area contributed by atoms with Crippen molar-refractivity contribution < 1.29 is 9.90 Å². The molecule has 0 fully saturated rings. The van der Waals surface area contributed by atoms with E-state index in [0.717, 1.165) is 12.1 Å². The minimum Gasteiger partial charge on any atom is -0.508 e. The van der Waals surface area contributed by atoms with Gasteiger partial charge in [-0.15, -0.1) is 5.10 Å². The van der Waals surface area contributed by atoms with Crippen LogP contribution in [0.25, 0.3) is 5.69 Å². The smallest absolute Gasteiger partial charge is 0.214 e. The maximum atomic E-state index is 12.5. The highest BCUT2D eigenvalue weighted by molar-refractivity contribution is 7.99. The first-order valence-electron chi connectivity index (χ1n) is 8.42. The molecule has 26 heavy (non-hydrogen) atoms. The van der Waals surface area contributed by atoms with Crippen molar-refractivity contribution in [3.05, 3.63) is 59.7 Å². The van der Waals surface area contributed by atoms with Gasteiger partial charge in [0.2, 0.25) is 5.16 Å². The summed E-state index contributed by atoms with van der Waals surface area (Å²) in [7, 11) is 0. The number of aromatic hydroxyl groups is 1. The second-order valence-electron chi connectivity index (χ2n) is 6.03. The largest absolute Gasteiger partial charge is 0.508 e. The fourth-order valence-corrected chi connectivity index (χ4v) is 3.26. The summed E-state index contributed by atoms with van der Waals surface area (Å²) in [6.45, 7) is 4.33. The number of phenols is 1. The van der Waals surface area contributed by atoms with E-state index in [-0.39, 0.29) is 17.3 Å². The van der Waals surface area contributed by atoms with Gasteiger partial charge in [0.25, 0.3) is 0 Å². The maximum Gasteiger partial charge on any atom is 0.214 e. The summed E-state index contributed by atoms with van der Waals surface area (Å²) >= 11 is 1.29. The lowest BCUT2D eigenvalue weighted by atomic mass is 9.97. The van der Waals surface area contributed by atoms with E-state index in [1.165, 1.54) is 17.3 Å². The number of carbonyl (C=O) groups is 1. The van der Waals surface area contributed by atoms with Crippen molar-refractivity contribution in [1.82, 2.24) is 20.2 Å². The lowest BCUT2D eigenvalue weighted by Gasteiger charge is -2.09. The minimum absolute atomic E-state index is 0.0333. The molecule has 0 aliphatic rings. The monoisotopic (exact) mass is 368 g/mol. The van der Waals surface area contributed by atoms with Crippen molar-refractivity contribution in [2.45, 2.75) is 31.3 Å². The van der Waals surface area contributed by atoms with E-state index in [1.807, 2.05) is 24.3 Å². The Morgan fingerprint density at radius 1 is 1.15 bits per heavy atom. The summed E-state index contributed by atoms with van der Waals surface area (Å²) in [4.78, 5) is 12.5. The van der Waals surface area contributed by atoms with Crippen molar-refractivity contribution in [2.75, 3.05) is 5.75 Å². The number of rotatable bonds is 7. The normalized spacial score (nSPS) is 12.1. The Labute approximate surface area is 156 Å². The van der Waals surface area contributed by atoms with Crippen LogP contribution in [-0.4, -0.2) is 36.8 Å². The Hall–Kier alpha value is -2.67. The van der Waals surface area contributed by atoms with Crippen LogP contribution in [-0.2, 0) is 0 Å². The number of Topliss-reactive ketones (excluding diaryl/α,β-unsaturated/α-hetero) is 1. The molecule has 7 heteroatoms. The van der Waals surface area contributed by atoms with Crippen molar-refractivity contribution in [1.29, 1.82) is 0 Å². The predicted molar refractivity (Wildman–Crippen MR) is 101 cm³/mol. The molecule has 3 aromatic rings. The number of hydrogen-bond acceptors (Lipinski definition) is 6. The van der Waals surface area contributed by atoms with Crippen LogP contribution in [0.5, 0.6) is 5.75 Å². The van der Waals surface area contributed by atoms with E-state index in [4.69, 9.17) is 0 Å². The topological polar surface area (TPSA) is 80.9 Å². The first-order chi connectivity index (χ1) is 12.6. The number of thioether (sulfide) groups is 1. The summed E-state index contributed by atoms with van der Waals surface area (Å²) in [6.07, 6.45) is 1.07. The van der Waals surface area contributed by atoms with Gasteiger partial charge in [-0.25, -0.2) is 0 Å². The summed E-state index contributed by atoms with van der Waals surface area (Å²) < 4.78 is 1.55. The molecule has 0 amide bonds. The molecule has 0 bridgehead atoms. The van der Waals surface area contributed by atoms with Crippen LogP contribution >= 0.6 is 11.8 Å². The molecule has 0 spiro atoms. The van der Waals surface area contributed by atoms with Gasteiger partial charge in [-0.2, -0.15) is 4.68 Å². The highest BCUT2D eigenvalue weighted by Crippen LogP contribution is 2.22. The molecule has 1 atom stereocenters. The summed E-state index contributed by atoms with van der Waals surface area (Å²) in [5.74, 6) is 0.947. The van der Waals surface area contributed by atoms with Gasteiger partial charge in [0.15, 0.2) is 5.78 Å². The Balaban J connectivity index is 1.67. The summed E-state index contributed by atoms with van der Waals surface area (Å²) in [5, 5.41) is 21.5. The zero-order valence-electron chi connectivity index (χ0n) is 14.7. The van der Waals surface area contributed by atoms with Crippen molar-refractivity contribution in [3.8, 4) is 11.4 Å². The zero-order valence-corrected chi connectivity index (χ0v) is 15.5. The molecule has 2 aromatic carbocycles. The highest BCUT2D eigenvalue weighted by atomic mass is 32.2. The molecule has 1 N–H and O–H groups in total. The molecule has 0 saturated carbocycles. The molecule has 134 valence electrons. The van der Waals surface area contributed by atoms with Gasteiger partial charge in [-0.3, -0.25) is 4.79 Å². The third-order valence-corrected chi connectivity index (χ3v) is 5.20. The zero-order chi connectivity index (χ0) is 18.5. The first-order valence-corrected chi connectivity index (χ1v) is 9.40. The fraction of sp³-hybridized carbons (Fsp3) is 0.263. The molecule has 3 rings (SSSR count). The number of benzene rings is 2. The quantitative estimate of drug-likeness (QED) is 0.504.